The van der Waals surface area contributed by atoms with Gasteiger partial charge in [-0.2, -0.15) is 0 Å². The Morgan fingerprint density at radius 3 is 2.27 bits per heavy atom. The molecule has 3 unspecified atom stereocenters. The van der Waals surface area contributed by atoms with E-state index >= 15 is 0 Å². The third kappa shape index (κ3) is 10.5. The molecule has 41 heavy (non-hydrogen) atoms. The Hall–Kier alpha value is -3.48. The molecule has 0 saturated carbocycles. The summed E-state index contributed by atoms with van der Waals surface area (Å²) in [6.45, 7) is 2.18. The molecule has 3 aromatic carbocycles. The molecule has 0 saturated heterocycles. The minimum absolute atomic E-state index is 0.312. The number of unbranched alkanes of at least 4 members (excludes halogenated alkanes) is 4. The van der Waals surface area contributed by atoms with Crippen LogP contribution in [-0.2, 0) is 31.9 Å². The zero-order valence-corrected chi connectivity index (χ0v) is 24.5. The molecule has 6 heteroatoms. The lowest BCUT2D eigenvalue weighted by atomic mass is 9.94. The molecule has 3 aromatic rings. The molecule has 3 N–H and O–H groups in total. The van der Waals surface area contributed by atoms with Gasteiger partial charge in [0.1, 0.15) is 0 Å². The van der Waals surface area contributed by atoms with E-state index in [0.29, 0.717) is 24.8 Å². The van der Waals surface area contributed by atoms with E-state index < -0.39 is 18.1 Å². The Labute approximate surface area is 244 Å². The Morgan fingerprint density at radius 1 is 0.829 bits per heavy atom. The molecule has 220 valence electrons. The van der Waals surface area contributed by atoms with Crippen molar-refractivity contribution in [3.8, 4) is 11.1 Å². The van der Waals surface area contributed by atoms with Crippen LogP contribution in [0, 0.1) is 0 Å². The van der Waals surface area contributed by atoms with Gasteiger partial charge in [-0.3, -0.25) is 4.79 Å². The van der Waals surface area contributed by atoms with Gasteiger partial charge < -0.3 is 20.3 Å². The van der Waals surface area contributed by atoms with Crippen LogP contribution in [0.1, 0.15) is 81.1 Å². The Morgan fingerprint density at radius 2 is 1.54 bits per heavy atom. The van der Waals surface area contributed by atoms with E-state index in [2.05, 4.69) is 43.3 Å². The van der Waals surface area contributed by atoms with Crippen LogP contribution in [0.3, 0.4) is 0 Å². The molecule has 0 aliphatic rings. The number of rotatable bonds is 18. The van der Waals surface area contributed by atoms with Crippen molar-refractivity contribution < 1.29 is 24.2 Å². The molecular formula is C35H45NO5. The van der Waals surface area contributed by atoms with Crippen molar-refractivity contribution in [3.63, 3.8) is 0 Å². The molecule has 0 aromatic heterocycles. The van der Waals surface area contributed by atoms with Crippen LogP contribution in [0.5, 0.6) is 0 Å². The number of hydrogen-bond donors (Lipinski definition) is 2. The normalized spacial score (nSPS) is 13.3. The topological polar surface area (TPSA) is 98.9 Å². The van der Waals surface area contributed by atoms with Crippen molar-refractivity contribution in [2.24, 2.45) is 5.73 Å². The lowest BCUT2D eigenvalue weighted by Gasteiger charge is -2.25. The number of esters is 1. The van der Waals surface area contributed by atoms with E-state index in [0.717, 1.165) is 44.1 Å². The first-order valence-electron chi connectivity index (χ1n) is 14.9. The van der Waals surface area contributed by atoms with Gasteiger partial charge in [0.15, 0.2) is 12.2 Å². The minimum Gasteiger partial charge on any atom is -0.467 e. The van der Waals surface area contributed by atoms with Crippen LogP contribution in [0.4, 0.5) is 0 Å². The van der Waals surface area contributed by atoms with E-state index in [1.54, 1.807) is 12.1 Å². The third-order valence-corrected chi connectivity index (χ3v) is 7.48. The average molecular weight is 560 g/mol. The number of aliphatic hydroxyl groups excluding tert-OH is 1. The number of nitrogens with two attached hydrogens (primary N) is 1. The lowest BCUT2D eigenvalue weighted by molar-refractivity contribution is -0.159. The van der Waals surface area contributed by atoms with Crippen LogP contribution in [-0.4, -0.2) is 36.3 Å². The number of carbonyl (C=O) groups is 2. The summed E-state index contributed by atoms with van der Waals surface area (Å²) >= 11 is 0. The number of aliphatic hydroxyl groups is 1. The van der Waals surface area contributed by atoms with Crippen molar-refractivity contribution >= 4 is 11.9 Å². The maximum atomic E-state index is 12.7. The van der Waals surface area contributed by atoms with Crippen molar-refractivity contribution in [2.75, 3.05) is 7.11 Å². The highest BCUT2D eigenvalue weighted by molar-refractivity contribution is 5.80. The number of primary amides is 1. The summed E-state index contributed by atoms with van der Waals surface area (Å²) < 4.78 is 11.6. The number of hydrogen-bond acceptors (Lipinski definition) is 5. The summed E-state index contributed by atoms with van der Waals surface area (Å²) in [6.07, 6.45) is 6.44. The maximum Gasteiger partial charge on any atom is 0.334 e. The second-order valence-corrected chi connectivity index (χ2v) is 10.6. The molecule has 0 bridgehead atoms. The number of benzene rings is 3. The minimum atomic E-state index is -1.40. The third-order valence-electron chi connectivity index (χ3n) is 7.48. The van der Waals surface area contributed by atoms with Crippen molar-refractivity contribution in [3.05, 3.63) is 95.6 Å². The number of amides is 1. The summed E-state index contributed by atoms with van der Waals surface area (Å²) in [5.74, 6) is -1.17. The molecule has 0 aliphatic heterocycles. The monoisotopic (exact) mass is 559 g/mol. The SMILES string of the molecule is CCCCCCCC(OC(CCCc1cccc(-c2ccccc2)c1)Cc1ccccc1C(O)C(N)=O)C(=O)OC. The van der Waals surface area contributed by atoms with Crippen LogP contribution < -0.4 is 5.73 Å². The largest absolute Gasteiger partial charge is 0.467 e. The highest BCUT2D eigenvalue weighted by Crippen LogP contribution is 2.25. The fraction of sp³-hybridized carbons (Fsp3) is 0.429. The highest BCUT2D eigenvalue weighted by atomic mass is 16.6. The molecule has 0 fully saturated rings. The number of aryl methyl sites for hydroxylation is 1. The van der Waals surface area contributed by atoms with Gasteiger partial charge in [0.2, 0.25) is 0 Å². The summed E-state index contributed by atoms with van der Waals surface area (Å²) in [5.41, 5.74) is 10.3. The van der Waals surface area contributed by atoms with E-state index in [4.69, 9.17) is 15.2 Å². The first-order chi connectivity index (χ1) is 19.9. The van der Waals surface area contributed by atoms with Crippen molar-refractivity contribution in [1.29, 1.82) is 0 Å². The second kappa shape index (κ2) is 17.4. The van der Waals surface area contributed by atoms with E-state index in [9.17, 15) is 14.7 Å². The summed E-state index contributed by atoms with van der Waals surface area (Å²) in [5, 5.41) is 10.4. The Bertz CT molecular complexity index is 1210. The van der Waals surface area contributed by atoms with Crippen molar-refractivity contribution in [2.45, 2.75) is 89.4 Å². The van der Waals surface area contributed by atoms with Crippen LogP contribution in [0.15, 0.2) is 78.9 Å². The smallest absolute Gasteiger partial charge is 0.334 e. The van der Waals surface area contributed by atoms with Gasteiger partial charge in [0.05, 0.1) is 13.2 Å². The molecule has 0 spiro atoms. The highest BCUT2D eigenvalue weighted by Gasteiger charge is 2.26. The van der Waals surface area contributed by atoms with Crippen molar-refractivity contribution in [1.82, 2.24) is 0 Å². The lowest BCUT2D eigenvalue weighted by Crippen LogP contribution is -2.32. The second-order valence-electron chi connectivity index (χ2n) is 10.6. The zero-order valence-electron chi connectivity index (χ0n) is 24.5. The molecule has 1 amide bonds. The van der Waals surface area contributed by atoms with Gasteiger partial charge in [-0.1, -0.05) is 118 Å². The van der Waals surface area contributed by atoms with Gasteiger partial charge in [0, 0.05) is 0 Å². The first-order valence-corrected chi connectivity index (χ1v) is 14.9. The molecule has 0 radical (unpaired) electrons. The Balaban J connectivity index is 1.75. The van der Waals surface area contributed by atoms with E-state index in [-0.39, 0.29) is 12.1 Å². The van der Waals surface area contributed by atoms with Crippen LogP contribution >= 0.6 is 0 Å². The van der Waals surface area contributed by atoms with Gasteiger partial charge in [-0.25, -0.2) is 4.79 Å². The average Bonchev–Trinajstić information content (AvgIpc) is 3.00. The summed E-state index contributed by atoms with van der Waals surface area (Å²) in [4.78, 5) is 24.5. The fourth-order valence-electron chi connectivity index (χ4n) is 5.21. The molecule has 6 nitrogen and oxygen atoms in total. The summed E-state index contributed by atoms with van der Waals surface area (Å²) in [7, 11) is 1.39. The first kappa shape index (κ1) is 32.0. The number of carbonyl (C=O) groups excluding carboxylic acids is 2. The Kier molecular flexibility index (Phi) is 13.6. The van der Waals surface area contributed by atoms with Gasteiger partial charge in [0.25, 0.3) is 5.91 Å². The molecule has 3 atom stereocenters. The van der Waals surface area contributed by atoms with E-state index in [1.807, 2.05) is 30.3 Å². The van der Waals surface area contributed by atoms with Crippen LogP contribution in [0.25, 0.3) is 11.1 Å². The molecule has 3 rings (SSSR count). The van der Waals surface area contributed by atoms with E-state index in [1.165, 1.54) is 30.2 Å². The van der Waals surface area contributed by atoms with Gasteiger partial charge >= 0.3 is 5.97 Å². The zero-order chi connectivity index (χ0) is 29.5. The quantitative estimate of drug-likeness (QED) is 0.133. The predicted molar refractivity (Wildman–Crippen MR) is 163 cm³/mol. The standard InChI is InChI=1S/C35H45NO5/c1-3-4-5-6-10-23-32(35(39)40-2)41-30(25-29-19-11-12-22-31(29)33(37)34(36)38)21-14-16-26-15-13-20-28(24-26)27-17-8-7-9-18-27/h7-9,11-13,15,17-20,22,24,30,32-33,37H,3-6,10,14,16,21,23,25H2,1-2H3,(H2,36,38). The van der Waals surface area contributed by atoms with Gasteiger partial charge in [-0.05, 0) is 59.9 Å². The summed E-state index contributed by atoms with van der Waals surface area (Å²) in [6, 6.07) is 26.1. The van der Waals surface area contributed by atoms with Gasteiger partial charge in [-0.15, -0.1) is 0 Å². The predicted octanol–water partition coefficient (Wildman–Crippen LogP) is 6.73. The maximum absolute atomic E-state index is 12.7. The molecule has 0 aliphatic carbocycles. The fourth-order valence-corrected chi connectivity index (χ4v) is 5.21. The molecular weight excluding hydrogens is 514 g/mol. The number of methoxy groups -OCH3 is 1. The number of ether oxygens (including phenoxy) is 2. The molecule has 0 heterocycles. The van der Waals surface area contributed by atoms with Crippen LogP contribution in [0.2, 0.25) is 0 Å².